The Morgan fingerprint density at radius 2 is 1.76 bits per heavy atom. The highest BCUT2D eigenvalue weighted by Gasteiger charge is 2.09. The summed E-state index contributed by atoms with van der Waals surface area (Å²) in [7, 11) is -3.18. The number of H-pyrrole nitrogens is 1. The SMILES string of the molecule is CS(=O)(=O)c1ccc(CSc2nnc(-c3ccc(Cl)c(Cl)c3)[nH]2)cc1. The third-order valence-electron chi connectivity index (χ3n) is 3.39. The lowest BCUT2D eigenvalue weighted by atomic mass is 10.2. The molecule has 3 aromatic rings. The van der Waals surface area contributed by atoms with Crippen molar-refractivity contribution in [1.29, 1.82) is 0 Å². The predicted octanol–water partition coefficient (Wildman–Crippen LogP) is 4.47. The molecular formula is C16H13Cl2N3O2S2. The van der Waals surface area contributed by atoms with Crippen molar-refractivity contribution in [3.63, 3.8) is 0 Å². The van der Waals surface area contributed by atoms with Gasteiger partial charge in [-0.25, -0.2) is 8.42 Å². The second-order valence-electron chi connectivity index (χ2n) is 5.31. The summed E-state index contributed by atoms with van der Waals surface area (Å²) < 4.78 is 22.9. The Hall–Kier alpha value is -1.54. The quantitative estimate of drug-likeness (QED) is 0.624. The van der Waals surface area contributed by atoms with Gasteiger partial charge in [-0.15, -0.1) is 10.2 Å². The van der Waals surface area contributed by atoms with Crippen LogP contribution in [0, 0.1) is 0 Å². The van der Waals surface area contributed by atoms with E-state index in [0.717, 1.165) is 11.1 Å². The average molecular weight is 414 g/mol. The number of sulfone groups is 1. The van der Waals surface area contributed by atoms with Gasteiger partial charge in [-0.05, 0) is 35.9 Å². The number of nitrogens with one attached hydrogen (secondary N) is 1. The molecule has 0 aliphatic heterocycles. The third kappa shape index (κ3) is 4.55. The molecule has 2 aromatic carbocycles. The highest BCUT2D eigenvalue weighted by molar-refractivity contribution is 7.98. The molecule has 9 heteroatoms. The fraction of sp³-hybridized carbons (Fsp3) is 0.125. The second kappa shape index (κ2) is 7.37. The highest BCUT2D eigenvalue weighted by atomic mass is 35.5. The maximum Gasteiger partial charge on any atom is 0.189 e. The van der Waals surface area contributed by atoms with Crippen molar-refractivity contribution in [2.24, 2.45) is 0 Å². The van der Waals surface area contributed by atoms with Gasteiger partial charge in [-0.1, -0.05) is 47.1 Å². The molecule has 3 rings (SSSR count). The van der Waals surface area contributed by atoms with Crippen LogP contribution in [0.25, 0.3) is 11.4 Å². The van der Waals surface area contributed by atoms with Gasteiger partial charge in [0.1, 0.15) is 0 Å². The monoisotopic (exact) mass is 413 g/mol. The number of halogens is 2. The van der Waals surface area contributed by atoms with Gasteiger partial charge in [0.2, 0.25) is 0 Å². The molecule has 1 aromatic heterocycles. The summed E-state index contributed by atoms with van der Waals surface area (Å²) in [5.41, 5.74) is 1.79. The third-order valence-corrected chi connectivity index (χ3v) is 6.19. The molecule has 0 unspecified atom stereocenters. The molecule has 0 amide bonds. The molecule has 0 radical (unpaired) electrons. The summed E-state index contributed by atoms with van der Waals surface area (Å²) in [4.78, 5) is 3.43. The zero-order valence-electron chi connectivity index (χ0n) is 13.0. The molecule has 0 saturated carbocycles. The smallest absolute Gasteiger partial charge is 0.189 e. The summed E-state index contributed by atoms with van der Waals surface area (Å²) in [6.45, 7) is 0. The summed E-state index contributed by atoms with van der Waals surface area (Å²) in [5, 5.41) is 9.81. The highest BCUT2D eigenvalue weighted by Crippen LogP contribution is 2.28. The first-order chi connectivity index (χ1) is 11.8. The Kier molecular flexibility index (Phi) is 5.38. The molecule has 130 valence electrons. The van der Waals surface area contributed by atoms with Gasteiger partial charge in [-0.2, -0.15) is 0 Å². The second-order valence-corrected chi connectivity index (χ2v) is 9.11. The topological polar surface area (TPSA) is 75.7 Å². The Labute approximate surface area is 159 Å². The summed E-state index contributed by atoms with van der Waals surface area (Å²) in [5.74, 6) is 1.24. The van der Waals surface area contributed by atoms with Crippen molar-refractivity contribution < 1.29 is 8.42 Å². The summed E-state index contributed by atoms with van der Waals surface area (Å²) in [6.07, 6.45) is 1.19. The number of rotatable bonds is 5. The molecule has 0 atom stereocenters. The molecule has 0 saturated heterocycles. The molecule has 1 heterocycles. The molecule has 25 heavy (non-hydrogen) atoms. The van der Waals surface area contributed by atoms with Gasteiger partial charge in [-0.3, -0.25) is 0 Å². The molecule has 5 nitrogen and oxygen atoms in total. The van der Waals surface area contributed by atoms with Crippen LogP contribution >= 0.6 is 35.0 Å². The minimum Gasteiger partial charge on any atom is -0.316 e. The van der Waals surface area contributed by atoms with E-state index < -0.39 is 9.84 Å². The lowest BCUT2D eigenvalue weighted by molar-refractivity contribution is 0.602. The van der Waals surface area contributed by atoms with E-state index >= 15 is 0 Å². The van der Waals surface area contributed by atoms with Gasteiger partial charge in [0.05, 0.1) is 14.9 Å². The largest absolute Gasteiger partial charge is 0.316 e. The predicted molar refractivity (Wildman–Crippen MR) is 101 cm³/mol. The van der Waals surface area contributed by atoms with Gasteiger partial charge >= 0.3 is 0 Å². The normalized spacial score (nSPS) is 11.6. The van der Waals surface area contributed by atoms with Crippen LogP contribution in [0.4, 0.5) is 0 Å². The van der Waals surface area contributed by atoms with E-state index in [4.69, 9.17) is 23.2 Å². The van der Waals surface area contributed by atoms with E-state index in [9.17, 15) is 8.42 Å². The van der Waals surface area contributed by atoms with Crippen LogP contribution in [0.3, 0.4) is 0 Å². The minimum atomic E-state index is -3.18. The number of hydrogen-bond donors (Lipinski definition) is 1. The van der Waals surface area contributed by atoms with Crippen molar-refractivity contribution >= 4 is 44.8 Å². The fourth-order valence-electron chi connectivity index (χ4n) is 2.07. The Morgan fingerprint density at radius 3 is 2.40 bits per heavy atom. The minimum absolute atomic E-state index is 0.308. The standard InChI is InChI=1S/C16H13Cl2N3O2S2/c1-25(22,23)12-5-2-10(3-6-12)9-24-16-19-15(20-21-16)11-4-7-13(17)14(18)8-11/h2-8H,9H2,1H3,(H,19,20,21). The van der Waals surface area contributed by atoms with Crippen LogP contribution < -0.4 is 0 Å². The Balaban J connectivity index is 1.68. The van der Waals surface area contributed by atoms with Gasteiger partial charge in [0.15, 0.2) is 20.8 Å². The molecule has 1 N–H and O–H groups in total. The summed E-state index contributed by atoms with van der Waals surface area (Å²) >= 11 is 13.4. The first-order valence-electron chi connectivity index (χ1n) is 7.13. The zero-order chi connectivity index (χ0) is 18.0. The van der Waals surface area contributed by atoms with E-state index in [-0.39, 0.29) is 0 Å². The van der Waals surface area contributed by atoms with Gasteiger partial charge < -0.3 is 4.98 Å². The Morgan fingerprint density at radius 1 is 1.04 bits per heavy atom. The van der Waals surface area contributed by atoms with E-state index in [2.05, 4.69) is 15.2 Å². The first-order valence-corrected chi connectivity index (χ1v) is 10.8. The van der Waals surface area contributed by atoms with Crippen LogP contribution in [0.2, 0.25) is 10.0 Å². The van der Waals surface area contributed by atoms with Crippen molar-refractivity contribution in [3.8, 4) is 11.4 Å². The lowest BCUT2D eigenvalue weighted by Gasteiger charge is -2.02. The van der Waals surface area contributed by atoms with Crippen molar-refractivity contribution in [2.45, 2.75) is 15.8 Å². The average Bonchev–Trinajstić information content (AvgIpc) is 3.04. The molecule has 0 fully saturated rings. The summed E-state index contributed by atoms with van der Waals surface area (Å²) in [6, 6.07) is 12.0. The van der Waals surface area contributed by atoms with Crippen LogP contribution in [0.15, 0.2) is 52.5 Å². The van der Waals surface area contributed by atoms with Crippen molar-refractivity contribution in [1.82, 2.24) is 15.2 Å². The van der Waals surface area contributed by atoms with Crippen LogP contribution in [0.1, 0.15) is 5.56 Å². The van der Waals surface area contributed by atoms with Crippen LogP contribution in [0.5, 0.6) is 0 Å². The molecule has 0 aliphatic rings. The van der Waals surface area contributed by atoms with E-state index in [0.29, 0.717) is 31.7 Å². The maximum atomic E-state index is 11.5. The molecule has 0 bridgehead atoms. The van der Waals surface area contributed by atoms with Crippen molar-refractivity contribution in [2.75, 3.05) is 6.26 Å². The van der Waals surface area contributed by atoms with E-state index in [1.807, 2.05) is 6.07 Å². The van der Waals surface area contributed by atoms with Crippen molar-refractivity contribution in [3.05, 3.63) is 58.1 Å². The maximum absolute atomic E-state index is 11.5. The number of nitrogens with zero attached hydrogens (tertiary/aromatic N) is 2. The number of aromatic amines is 1. The number of benzene rings is 2. The molecule has 0 spiro atoms. The first kappa shape index (κ1) is 18.3. The van der Waals surface area contributed by atoms with Gasteiger partial charge in [0.25, 0.3) is 0 Å². The van der Waals surface area contributed by atoms with Gasteiger partial charge in [0, 0.05) is 17.6 Å². The van der Waals surface area contributed by atoms with E-state index in [1.165, 1.54) is 18.0 Å². The van der Waals surface area contributed by atoms with Crippen LogP contribution in [-0.4, -0.2) is 29.9 Å². The molecular weight excluding hydrogens is 401 g/mol. The Bertz CT molecular complexity index is 1000. The number of aromatic nitrogens is 3. The van der Waals surface area contributed by atoms with Crippen LogP contribution in [-0.2, 0) is 15.6 Å². The van der Waals surface area contributed by atoms with E-state index in [1.54, 1.807) is 36.4 Å². The molecule has 0 aliphatic carbocycles. The number of thioether (sulfide) groups is 1. The fourth-order valence-corrected chi connectivity index (χ4v) is 3.76. The zero-order valence-corrected chi connectivity index (χ0v) is 16.2. The lowest BCUT2D eigenvalue weighted by Crippen LogP contribution is -1.96. The number of hydrogen-bond acceptors (Lipinski definition) is 5.